The van der Waals surface area contributed by atoms with Gasteiger partial charge in [-0.15, -0.1) is 0 Å². The summed E-state index contributed by atoms with van der Waals surface area (Å²) in [5.41, 5.74) is -1.14. The molecule has 0 unspecified atom stereocenters. The monoisotopic (exact) mass is 281 g/mol. The van der Waals surface area contributed by atoms with E-state index >= 15 is 0 Å². The van der Waals surface area contributed by atoms with Crippen molar-refractivity contribution in [3.8, 4) is 6.07 Å². The first kappa shape index (κ1) is 12.0. The maximum atomic E-state index is 13.2. The number of nitriles is 1. The number of alkyl halides is 3. The first-order valence-corrected chi connectivity index (χ1v) is 4.58. The van der Waals surface area contributed by atoms with Crippen LogP contribution in [0, 0.1) is 17.1 Å². The van der Waals surface area contributed by atoms with Crippen LogP contribution in [-0.4, -0.2) is 0 Å². The highest BCUT2D eigenvalue weighted by molar-refractivity contribution is 9.10. The SMILES string of the molecule is N#CCc1ccc(C(F)(F)F)c(F)c1Br. The molecule has 80 valence electrons. The Morgan fingerprint density at radius 3 is 2.40 bits per heavy atom. The number of hydrogen-bond donors (Lipinski definition) is 0. The second kappa shape index (κ2) is 4.19. The Labute approximate surface area is 91.4 Å². The van der Waals surface area contributed by atoms with Crippen molar-refractivity contribution in [3.05, 3.63) is 33.5 Å². The van der Waals surface area contributed by atoms with Crippen molar-refractivity contribution in [2.45, 2.75) is 12.6 Å². The minimum absolute atomic E-state index is 0.143. The summed E-state index contributed by atoms with van der Waals surface area (Å²) in [6, 6.07) is 3.45. The Balaban J connectivity index is 3.29. The van der Waals surface area contributed by atoms with Crippen LogP contribution in [-0.2, 0) is 12.6 Å². The molecule has 0 atom stereocenters. The topological polar surface area (TPSA) is 23.8 Å². The molecular weight excluding hydrogens is 278 g/mol. The molecule has 0 amide bonds. The van der Waals surface area contributed by atoms with Gasteiger partial charge in [0.25, 0.3) is 0 Å². The fourth-order valence-electron chi connectivity index (χ4n) is 1.03. The summed E-state index contributed by atoms with van der Waals surface area (Å²) in [5.74, 6) is -1.38. The second-order valence-corrected chi connectivity index (χ2v) is 3.53. The number of hydrogen-bond acceptors (Lipinski definition) is 1. The van der Waals surface area contributed by atoms with Gasteiger partial charge in [-0.1, -0.05) is 6.07 Å². The Morgan fingerprint density at radius 1 is 1.33 bits per heavy atom. The summed E-state index contributed by atoms with van der Waals surface area (Å²) >= 11 is 2.70. The molecule has 1 rings (SSSR count). The van der Waals surface area contributed by atoms with Gasteiger partial charge < -0.3 is 0 Å². The molecule has 0 fully saturated rings. The lowest BCUT2D eigenvalue weighted by atomic mass is 10.1. The molecular formula is C9H4BrF4N. The molecule has 0 aromatic heterocycles. The van der Waals surface area contributed by atoms with Crippen molar-refractivity contribution >= 4 is 15.9 Å². The van der Waals surface area contributed by atoms with Crippen LogP contribution in [0.3, 0.4) is 0 Å². The van der Waals surface area contributed by atoms with Crippen LogP contribution in [0.2, 0.25) is 0 Å². The molecule has 0 aliphatic rings. The van der Waals surface area contributed by atoms with E-state index in [4.69, 9.17) is 5.26 Å². The highest BCUT2D eigenvalue weighted by Crippen LogP contribution is 2.35. The second-order valence-electron chi connectivity index (χ2n) is 2.73. The lowest BCUT2D eigenvalue weighted by molar-refractivity contribution is -0.140. The fraction of sp³-hybridized carbons (Fsp3) is 0.222. The molecule has 0 spiro atoms. The molecule has 0 aliphatic carbocycles. The average molecular weight is 282 g/mol. The Bertz CT molecular complexity index is 419. The van der Waals surface area contributed by atoms with E-state index < -0.39 is 17.6 Å². The standard InChI is InChI=1S/C9H4BrF4N/c10-7-5(3-4-15)1-2-6(8(7)11)9(12,13)14/h1-2H,3H2. The van der Waals surface area contributed by atoms with Gasteiger partial charge in [-0.25, -0.2) is 4.39 Å². The number of halogens is 5. The van der Waals surface area contributed by atoms with Crippen molar-refractivity contribution in [3.63, 3.8) is 0 Å². The third kappa shape index (κ3) is 2.48. The zero-order chi connectivity index (χ0) is 11.6. The molecule has 6 heteroatoms. The first-order chi connectivity index (χ1) is 6.88. The van der Waals surface area contributed by atoms with E-state index in [1.807, 2.05) is 0 Å². The predicted octanol–water partition coefficient (Wildman–Crippen LogP) is 3.67. The Hall–Kier alpha value is -1.09. The summed E-state index contributed by atoms with van der Waals surface area (Å²) in [6.07, 6.45) is -4.87. The van der Waals surface area contributed by atoms with Crippen molar-refractivity contribution in [2.75, 3.05) is 0 Å². The summed E-state index contributed by atoms with van der Waals surface area (Å²) in [7, 11) is 0. The third-order valence-electron chi connectivity index (χ3n) is 1.74. The maximum Gasteiger partial charge on any atom is 0.419 e. The molecule has 15 heavy (non-hydrogen) atoms. The van der Waals surface area contributed by atoms with Gasteiger partial charge in [-0.2, -0.15) is 18.4 Å². The fourth-order valence-corrected chi connectivity index (χ4v) is 1.52. The van der Waals surface area contributed by atoms with Crippen LogP contribution in [0.25, 0.3) is 0 Å². The van der Waals surface area contributed by atoms with E-state index in [9.17, 15) is 17.6 Å². The van der Waals surface area contributed by atoms with Crippen molar-refractivity contribution < 1.29 is 17.6 Å². The van der Waals surface area contributed by atoms with Gasteiger partial charge in [-0.3, -0.25) is 0 Å². The van der Waals surface area contributed by atoms with Gasteiger partial charge in [-0.05, 0) is 27.6 Å². The van der Waals surface area contributed by atoms with Gasteiger partial charge in [0.1, 0.15) is 5.82 Å². The van der Waals surface area contributed by atoms with Gasteiger partial charge >= 0.3 is 6.18 Å². The lowest BCUT2D eigenvalue weighted by Crippen LogP contribution is -2.09. The van der Waals surface area contributed by atoms with E-state index in [1.54, 1.807) is 6.07 Å². The van der Waals surface area contributed by atoms with E-state index in [-0.39, 0.29) is 16.5 Å². The largest absolute Gasteiger partial charge is 0.419 e. The Kier molecular flexibility index (Phi) is 3.35. The summed E-state index contributed by atoms with van der Waals surface area (Å²) in [5, 5.41) is 8.35. The van der Waals surface area contributed by atoms with Crippen molar-refractivity contribution in [1.82, 2.24) is 0 Å². The first-order valence-electron chi connectivity index (χ1n) is 3.79. The number of rotatable bonds is 1. The van der Waals surface area contributed by atoms with Crippen LogP contribution >= 0.6 is 15.9 Å². The summed E-state index contributed by atoms with van der Waals surface area (Å²) in [4.78, 5) is 0. The van der Waals surface area contributed by atoms with Crippen molar-refractivity contribution in [1.29, 1.82) is 5.26 Å². The van der Waals surface area contributed by atoms with Crippen LogP contribution in [0.5, 0.6) is 0 Å². The lowest BCUT2D eigenvalue weighted by Gasteiger charge is -2.10. The zero-order valence-electron chi connectivity index (χ0n) is 7.20. The van der Waals surface area contributed by atoms with E-state index in [0.717, 1.165) is 6.07 Å². The highest BCUT2D eigenvalue weighted by atomic mass is 79.9. The van der Waals surface area contributed by atoms with Gasteiger partial charge in [0.05, 0.1) is 22.5 Å². The zero-order valence-corrected chi connectivity index (χ0v) is 8.78. The molecule has 0 aliphatic heterocycles. The van der Waals surface area contributed by atoms with E-state index in [1.165, 1.54) is 0 Å². The minimum Gasteiger partial charge on any atom is -0.205 e. The summed E-state index contributed by atoms with van der Waals surface area (Å²) < 4.78 is 49.6. The normalized spacial score (nSPS) is 11.2. The van der Waals surface area contributed by atoms with Crippen molar-refractivity contribution in [2.24, 2.45) is 0 Å². The van der Waals surface area contributed by atoms with Crippen LogP contribution in [0.15, 0.2) is 16.6 Å². The van der Waals surface area contributed by atoms with E-state index in [2.05, 4.69) is 15.9 Å². The number of nitrogens with zero attached hydrogens (tertiary/aromatic N) is 1. The molecule has 0 radical (unpaired) electrons. The third-order valence-corrected chi connectivity index (χ3v) is 2.59. The maximum absolute atomic E-state index is 13.2. The molecule has 0 bridgehead atoms. The van der Waals surface area contributed by atoms with Crippen LogP contribution in [0.4, 0.5) is 17.6 Å². The molecule has 0 saturated heterocycles. The highest BCUT2D eigenvalue weighted by Gasteiger charge is 2.35. The Morgan fingerprint density at radius 2 is 1.93 bits per heavy atom. The molecule has 1 nitrogen and oxygen atoms in total. The quantitative estimate of drug-likeness (QED) is 0.721. The molecule has 1 aromatic carbocycles. The molecule has 1 aromatic rings. The average Bonchev–Trinajstić information content (AvgIpc) is 2.11. The summed E-state index contributed by atoms with van der Waals surface area (Å²) in [6.45, 7) is 0. The van der Waals surface area contributed by atoms with Gasteiger partial charge in [0.15, 0.2) is 0 Å². The number of benzene rings is 1. The van der Waals surface area contributed by atoms with Gasteiger partial charge in [0, 0.05) is 0 Å². The van der Waals surface area contributed by atoms with Crippen LogP contribution < -0.4 is 0 Å². The van der Waals surface area contributed by atoms with Crippen LogP contribution in [0.1, 0.15) is 11.1 Å². The predicted molar refractivity (Wildman–Crippen MR) is 48.4 cm³/mol. The molecule has 0 heterocycles. The van der Waals surface area contributed by atoms with Gasteiger partial charge in [0.2, 0.25) is 0 Å². The molecule has 0 saturated carbocycles. The van der Waals surface area contributed by atoms with E-state index in [0.29, 0.717) is 6.07 Å². The molecule has 0 N–H and O–H groups in total. The smallest absolute Gasteiger partial charge is 0.205 e. The minimum atomic E-state index is -4.72.